The van der Waals surface area contributed by atoms with Crippen molar-refractivity contribution >= 4 is 41.1 Å². The second kappa shape index (κ2) is 5.53. The van der Waals surface area contributed by atoms with Crippen molar-refractivity contribution < 1.29 is 19.8 Å². The first-order valence-electron chi connectivity index (χ1n) is 5.18. The Balaban J connectivity index is 1.99. The van der Waals surface area contributed by atoms with Crippen LogP contribution in [0.1, 0.15) is 6.42 Å². The third-order valence-electron chi connectivity index (χ3n) is 2.32. The number of hydrogen-bond donors (Lipinski definition) is 3. The van der Waals surface area contributed by atoms with Gasteiger partial charge in [0.1, 0.15) is 9.96 Å². The summed E-state index contributed by atoms with van der Waals surface area (Å²) in [6.45, 7) is 0. The topological polar surface area (TPSA) is 86.6 Å². The van der Waals surface area contributed by atoms with Crippen LogP contribution in [0.4, 0.5) is 5.69 Å². The summed E-state index contributed by atoms with van der Waals surface area (Å²) in [5, 5.41) is 19.9. The van der Waals surface area contributed by atoms with Crippen molar-refractivity contribution in [2.24, 2.45) is 0 Å². The van der Waals surface area contributed by atoms with E-state index in [0.717, 1.165) is 22.3 Å². The lowest BCUT2D eigenvalue weighted by molar-refractivity contribution is -0.142. The highest BCUT2D eigenvalue weighted by Crippen LogP contribution is 2.44. The second-order valence-corrected chi connectivity index (χ2v) is 6.41. The van der Waals surface area contributed by atoms with E-state index in [-0.39, 0.29) is 11.1 Å². The summed E-state index contributed by atoms with van der Waals surface area (Å²) >= 11 is 2.62. The zero-order valence-corrected chi connectivity index (χ0v) is 10.8. The third-order valence-corrected chi connectivity index (χ3v) is 4.94. The van der Waals surface area contributed by atoms with Crippen LogP contribution in [-0.2, 0) is 9.59 Å². The molecule has 0 unspecified atom stereocenters. The molecule has 0 aromatic heterocycles. The molecule has 1 aliphatic rings. The Morgan fingerprint density at radius 1 is 1.39 bits per heavy atom. The van der Waals surface area contributed by atoms with E-state index >= 15 is 0 Å². The van der Waals surface area contributed by atoms with Crippen LogP contribution in [0.2, 0.25) is 0 Å². The van der Waals surface area contributed by atoms with Gasteiger partial charge in [-0.1, -0.05) is 23.9 Å². The van der Waals surface area contributed by atoms with Crippen LogP contribution in [0.3, 0.4) is 0 Å². The summed E-state index contributed by atoms with van der Waals surface area (Å²) < 4.78 is -0.164. The average molecular weight is 285 g/mol. The third kappa shape index (κ3) is 3.11. The molecule has 0 bridgehead atoms. The Morgan fingerprint density at radius 3 is 2.72 bits per heavy atom. The first-order valence-corrected chi connectivity index (χ1v) is 7.01. The van der Waals surface area contributed by atoms with Crippen LogP contribution in [0.5, 0.6) is 0 Å². The van der Waals surface area contributed by atoms with Gasteiger partial charge in [0, 0.05) is 10.6 Å². The highest BCUT2D eigenvalue weighted by molar-refractivity contribution is 8.18. The van der Waals surface area contributed by atoms with Crippen LogP contribution < -0.4 is 5.32 Å². The summed E-state index contributed by atoms with van der Waals surface area (Å²) in [5.74, 6) is -2.20. The van der Waals surface area contributed by atoms with Gasteiger partial charge in [0.2, 0.25) is 0 Å². The molecule has 0 saturated heterocycles. The maximum absolute atomic E-state index is 11.0. The van der Waals surface area contributed by atoms with Gasteiger partial charge in [0.15, 0.2) is 0 Å². The van der Waals surface area contributed by atoms with E-state index in [1.54, 1.807) is 0 Å². The van der Waals surface area contributed by atoms with Gasteiger partial charge in [0.25, 0.3) is 0 Å². The molecule has 1 heterocycles. The molecule has 1 aromatic rings. The maximum Gasteiger partial charge on any atom is 0.317 e. The van der Waals surface area contributed by atoms with E-state index in [9.17, 15) is 9.59 Å². The number of para-hydroxylation sites is 1. The summed E-state index contributed by atoms with van der Waals surface area (Å²) in [6, 6.07) is 7.66. The molecule has 18 heavy (non-hydrogen) atoms. The molecule has 2 atom stereocenters. The Morgan fingerprint density at radius 2 is 2.11 bits per heavy atom. The minimum absolute atomic E-state index is 0.164. The van der Waals surface area contributed by atoms with Crippen LogP contribution in [0.25, 0.3) is 0 Å². The van der Waals surface area contributed by atoms with E-state index in [4.69, 9.17) is 10.2 Å². The molecular weight excluding hydrogens is 274 g/mol. The van der Waals surface area contributed by atoms with Crippen LogP contribution in [0, 0.1) is 0 Å². The fourth-order valence-electron chi connectivity index (χ4n) is 1.52. The first-order chi connectivity index (χ1) is 8.56. The molecule has 7 heteroatoms. The first kappa shape index (κ1) is 13.1. The Bertz CT molecular complexity index is 455. The van der Waals surface area contributed by atoms with Gasteiger partial charge < -0.3 is 15.5 Å². The predicted octanol–water partition coefficient (Wildman–Crippen LogP) is 2.15. The number of carboxylic acid groups (broad SMARTS) is 2. The van der Waals surface area contributed by atoms with Crippen molar-refractivity contribution in [3.8, 4) is 0 Å². The van der Waals surface area contributed by atoms with Crippen LogP contribution >= 0.6 is 23.5 Å². The summed E-state index contributed by atoms with van der Waals surface area (Å²) in [6.07, 6.45) is -0.380. The van der Waals surface area contributed by atoms with E-state index in [2.05, 4.69) is 5.32 Å². The minimum Gasteiger partial charge on any atom is -0.481 e. The molecule has 5 nitrogen and oxygen atoms in total. The average Bonchev–Trinajstić information content (AvgIpc) is 2.69. The van der Waals surface area contributed by atoms with Gasteiger partial charge in [-0.15, -0.1) is 11.8 Å². The number of thioether (sulfide) groups is 2. The summed E-state index contributed by atoms with van der Waals surface area (Å²) in [7, 11) is 0. The molecule has 1 aromatic carbocycles. The quantitative estimate of drug-likeness (QED) is 0.764. The van der Waals surface area contributed by atoms with Gasteiger partial charge in [-0.3, -0.25) is 9.59 Å². The molecule has 0 saturated carbocycles. The fourth-order valence-corrected chi connectivity index (χ4v) is 4.14. The molecule has 0 amide bonds. The lowest BCUT2D eigenvalue weighted by Crippen LogP contribution is -2.24. The molecule has 96 valence electrons. The standard InChI is InChI=1S/C11H11NO4S2/c13-9(14)5-8(10(15)16)18-11-12-6-3-1-2-4-7(6)17-11/h1-4,8,11-12H,5H2,(H,13,14)(H,15,16)/t8-,11+/m1/s1. The van der Waals surface area contributed by atoms with Gasteiger partial charge >= 0.3 is 11.9 Å². The number of benzene rings is 1. The number of anilines is 1. The number of carboxylic acids is 2. The SMILES string of the molecule is O=C(O)C[C@@H](S[C@H]1Nc2ccccc2S1)C(=O)O. The van der Waals surface area contributed by atoms with E-state index in [1.165, 1.54) is 11.8 Å². The maximum atomic E-state index is 11.0. The molecule has 1 aliphatic heterocycles. The van der Waals surface area contributed by atoms with Crippen molar-refractivity contribution in [3.05, 3.63) is 24.3 Å². The number of nitrogens with one attached hydrogen (secondary N) is 1. The van der Waals surface area contributed by atoms with Gasteiger partial charge in [-0.25, -0.2) is 0 Å². The van der Waals surface area contributed by atoms with Gasteiger partial charge in [-0.2, -0.15) is 0 Å². The fraction of sp³-hybridized carbons (Fsp3) is 0.273. The largest absolute Gasteiger partial charge is 0.481 e. The van der Waals surface area contributed by atoms with Gasteiger partial charge in [0.05, 0.1) is 6.42 Å². The molecule has 0 radical (unpaired) electrons. The second-order valence-electron chi connectivity index (χ2n) is 3.65. The van der Waals surface area contributed by atoms with Crippen molar-refractivity contribution in [3.63, 3.8) is 0 Å². The Labute approximate surface area is 112 Å². The number of hydrogen-bond acceptors (Lipinski definition) is 5. The predicted molar refractivity (Wildman–Crippen MR) is 71.0 cm³/mol. The number of carbonyl (C=O) groups is 2. The van der Waals surface area contributed by atoms with E-state index in [0.29, 0.717) is 0 Å². The highest BCUT2D eigenvalue weighted by Gasteiger charge is 2.29. The minimum atomic E-state index is -1.10. The molecule has 0 spiro atoms. The molecule has 0 fully saturated rings. The van der Waals surface area contributed by atoms with Crippen molar-refractivity contribution in [1.29, 1.82) is 0 Å². The molecular formula is C11H11NO4S2. The number of fused-ring (bicyclic) bond motifs is 1. The smallest absolute Gasteiger partial charge is 0.317 e. The van der Waals surface area contributed by atoms with Gasteiger partial charge in [-0.05, 0) is 12.1 Å². The zero-order valence-electron chi connectivity index (χ0n) is 9.20. The Hall–Kier alpha value is -1.34. The molecule has 3 N–H and O–H groups in total. The lowest BCUT2D eigenvalue weighted by Gasteiger charge is -2.15. The normalized spacial score (nSPS) is 18.8. The van der Waals surface area contributed by atoms with Crippen LogP contribution in [-0.4, -0.2) is 32.1 Å². The monoisotopic (exact) mass is 285 g/mol. The molecule has 2 rings (SSSR count). The zero-order chi connectivity index (χ0) is 13.1. The summed E-state index contributed by atoms with van der Waals surface area (Å²) in [4.78, 5) is 22.6. The summed E-state index contributed by atoms with van der Waals surface area (Å²) in [5.41, 5.74) is 0.958. The molecule has 0 aliphatic carbocycles. The number of rotatable bonds is 5. The van der Waals surface area contributed by atoms with Crippen LogP contribution in [0.15, 0.2) is 29.2 Å². The van der Waals surface area contributed by atoms with E-state index in [1.807, 2.05) is 24.3 Å². The van der Waals surface area contributed by atoms with E-state index < -0.39 is 17.2 Å². The highest BCUT2D eigenvalue weighted by atomic mass is 32.2. The number of aliphatic carboxylic acids is 2. The van der Waals surface area contributed by atoms with Crippen molar-refractivity contribution in [2.75, 3.05) is 5.32 Å². The Kier molecular flexibility index (Phi) is 4.03. The van der Waals surface area contributed by atoms with Crippen molar-refractivity contribution in [2.45, 2.75) is 21.3 Å². The van der Waals surface area contributed by atoms with Crippen molar-refractivity contribution in [1.82, 2.24) is 0 Å². The lowest BCUT2D eigenvalue weighted by atomic mass is 10.3.